The van der Waals surface area contributed by atoms with Gasteiger partial charge in [0, 0.05) is 6.54 Å². The molecule has 0 fully saturated rings. The Hall–Kier alpha value is 0.490. The Kier molecular flexibility index (Phi) is 4.56. The predicted octanol–water partition coefficient (Wildman–Crippen LogP) is -0.569. The van der Waals surface area contributed by atoms with Gasteiger partial charge >= 0.3 is 6.72 Å². The molecule has 9 heavy (non-hydrogen) atoms. The lowest BCUT2D eigenvalue weighted by molar-refractivity contribution is 0.253. The van der Waals surface area contributed by atoms with Crippen LogP contribution < -0.4 is 5.32 Å². The van der Waals surface area contributed by atoms with Crippen molar-refractivity contribution in [1.29, 1.82) is 0 Å². The van der Waals surface area contributed by atoms with Crippen LogP contribution in [0.15, 0.2) is 0 Å². The van der Waals surface area contributed by atoms with E-state index in [9.17, 15) is 0 Å². The Morgan fingerprint density at radius 1 is 1.67 bits per heavy atom. The first-order valence-corrected chi connectivity index (χ1v) is 5.03. The Morgan fingerprint density at radius 2 is 2.22 bits per heavy atom. The van der Waals surface area contributed by atoms with Crippen molar-refractivity contribution in [3.63, 3.8) is 0 Å². The molecule has 0 aromatic heterocycles. The summed E-state index contributed by atoms with van der Waals surface area (Å²) < 4.78 is 4.44. The first-order valence-electron chi connectivity index (χ1n) is 2.41. The maximum atomic E-state index is 8.48. The van der Waals surface area contributed by atoms with Gasteiger partial charge in [0.05, 0.1) is 6.61 Å². The minimum atomic E-state index is -3.40. The maximum absolute atomic E-state index is 8.48. The van der Waals surface area contributed by atoms with Gasteiger partial charge in [-0.15, -0.1) is 0 Å². The van der Waals surface area contributed by atoms with E-state index in [1.807, 2.05) is 0 Å². The summed E-state index contributed by atoms with van der Waals surface area (Å²) in [5, 5.41) is 2.76. The van der Waals surface area contributed by atoms with Crippen molar-refractivity contribution < 1.29 is 14.3 Å². The summed E-state index contributed by atoms with van der Waals surface area (Å²) in [6.07, 6.45) is 0. The highest BCUT2D eigenvalue weighted by atomic mass is 32.5. The molecule has 0 aliphatic carbocycles. The number of nitrogens with one attached hydrogen (secondary N) is 1. The monoisotopic (exact) mass is 171 g/mol. The molecule has 0 amide bonds. The molecule has 0 aromatic rings. The van der Waals surface area contributed by atoms with Crippen LogP contribution in [-0.2, 0) is 16.3 Å². The van der Waals surface area contributed by atoms with Gasteiger partial charge in [-0.25, -0.2) is 0 Å². The van der Waals surface area contributed by atoms with Crippen molar-refractivity contribution >= 4 is 18.5 Å². The molecule has 0 aromatic carbocycles. The third-order valence-corrected chi connectivity index (χ3v) is 1.45. The highest BCUT2D eigenvalue weighted by Crippen LogP contribution is 2.35. The lowest BCUT2D eigenvalue weighted by Gasteiger charge is -2.06. The highest BCUT2D eigenvalue weighted by Gasteiger charge is 2.05. The molecule has 0 bridgehead atoms. The fraction of sp³-hybridized carbons (Fsp3) is 1.00. The van der Waals surface area contributed by atoms with Crippen LogP contribution in [0.5, 0.6) is 0 Å². The van der Waals surface area contributed by atoms with E-state index in [1.54, 1.807) is 7.05 Å². The molecular formula is C3H10NO3PS. The lowest BCUT2D eigenvalue weighted by atomic mass is 10.7. The molecular weight excluding hydrogens is 161 g/mol. The highest BCUT2D eigenvalue weighted by molar-refractivity contribution is 8.06. The summed E-state index contributed by atoms with van der Waals surface area (Å²) in [5.41, 5.74) is 0. The molecule has 6 heteroatoms. The Morgan fingerprint density at radius 3 is 2.56 bits per heavy atom. The van der Waals surface area contributed by atoms with E-state index < -0.39 is 6.72 Å². The van der Waals surface area contributed by atoms with Crippen molar-refractivity contribution in [2.45, 2.75) is 0 Å². The number of hydrogen-bond donors (Lipinski definition) is 3. The molecule has 0 unspecified atom stereocenters. The average molecular weight is 171 g/mol. The van der Waals surface area contributed by atoms with Crippen LogP contribution in [0, 0.1) is 0 Å². The van der Waals surface area contributed by atoms with Gasteiger partial charge in [-0.1, -0.05) is 0 Å². The normalized spacial score (nSPS) is 11.9. The fourth-order valence-electron chi connectivity index (χ4n) is 0.267. The number of likely N-dealkylation sites (N-methyl/N-ethyl adjacent to an activating group) is 1. The minimum absolute atomic E-state index is 0.237. The second-order valence-corrected chi connectivity index (χ2v) is 4.09. The molecule has 0 aliphatic rings. The molecule has 3 N–H and O–H groups in total. The zero-order chi connectivity index (χ0) is 7.33. The van der Waals surface area contributed by atoms with E-state index in [2.05, 4.69) is 21.6 Å². The fourth-order valence-corrected chi connectivity index (χ4v) is 0.819. The minimum Gasteiger partial charge on any atom is -0.325 e. The van der Waals surface area contributed by atoms with Crippen molar-refractivity contribution in [2.75, 3.05) is 20.2 Å². The zero-order valence-electron chi connectivity index (χ0n) is 5.07. The van der Waals surface area contributed by atoms with E-state index in [-0.39, 0.29) is 6.61 Å². The Balaban J connectivity index is 3.18. The van der Waals surface area contributed by atoms with Gasteiger partial charge in [0.15, 0.2) is 0 Å². The zero-order valence-corrected chi connectivity index (χ0v) is 6.78. The van der Waals surface area contributed by atoms with Crippen molar-refractivity contribution in [3.8, 4) is 0 Å². The Bertz CT molecular complexity index is 114. The van der Waals surface area contributed by atoms with E-state index in [4.69, 9.17) is 9.79 Å². The number of rotatable bonds is 4. The molecule has 0 rings (SSSR count). The van der Waals surface area contributed by atoms with E-state index in [0.717, 1.165) is 0 Å². The van der Waals surface area contributed by atoms with Gasteiger partial charge in [-0.3, -0.25) is 0 Å². The van der Waals surface area contributed by atoms with Crippen LogP contribution in [0.2, 0.25) is 0 Å². The third kappa shape index (κ3) is 8.49. The summed E-state index contributed by atoms with van der Waals surface area (Å²) in [5.74, 6) is 0. The second-order valence-electron chi connectivity index (χ2n) is 1.43. The summed E-state index contributed by atoms with van der Waals surface area (Å²) in [6.45, 7) is -2.60. The van der Waals surface area contributed by atoms with Gasteiger partial charge in [-0.05, 0) is 18.9 Å². The molecule has 0 saturated heterocycles. The van der Waals surface area contributed by atoms with E-state index in [0.29, 0.717) is 6.54 Å². The Labute approximate surface area is 59.1 Å². The predicted molar refractivity (Wildman–Crippen MR) is 38.6 cm³/mol. The van der Waals surface area contributed by atoms with E-state index in [1.165, 1.54) is 0 Å². The molecule has 4 nitrogen and oxygen atoms in total. The van der Waals surface area contributed by atoms with Gasteiger partial charge in [0.1, 0.15) is 0 Å². The largest absolute Gasteiger partial charge is 0.325 e. The van der Waals surface area contributed by atoms with Crippen molar-refractivity contribution in [3.05, 3.63) is 0 Å². The molecule has 0 radical (unpaired) electrons. The van der Waals surface area contributed by atoms with Gasteiger partial charge < -0.3 is 19.6 Å². The summed E-state index contributed by atoms with van der Waals surface area (Å²) >= 11 is 4.17. The van der Waals surface area contributed by atoms with Crippen molar-refractivity contribution in [2.24, 2.45) is 0 Å². The first kappa shape index (κ1) is 9.49. The maximum Gasteiger partial charge on any atom is 0.321 e. The molecule has 0 aliphatic heterocycles. The summed E-state index contributed by atoms with van der Waals surface area (Å²) in [6, 6.07) is 0. The van der Waals surface area contributed by atoms with Crippen LogP contribution in [0.3, 0.4) is 0 Å². The van der Waals surface area contributed by atoms with Crippen LogP contribution in [0.1, 0.15) is 0 Å². The molecule has 0 spiro atoms. The molecule has 0 atom stereocenters. The van der Waals surface area contributed by atoms with Crippen LogP contribution in [0.25, 0.3) is 0 Å². The summed E-state index contributed by atoms with van der Waals surface area (Å²) in [7, 11) is 1.74. The van der Waals surface area contributed by atoms with Crippen LogP contribution in [0.4, 0.5) is 0 Å². The molecule has 56 valence electrons. The average Bonchev–Trinajstić information content (AvgIpc) is 1.63. The molecule has 0 saturated carbocycles. The van der Waals surface area contributed by atoms with Gasteiger partial charge in [-0.2, -0.15) is 0 Å². The second kappa shape index (κ2) is 4.33. The molecule has 0 heterocycles. The SMILES string of the molecule is CNCCOP(O)(O)=S. The standard InChI is InChI=1S/C3H10NO3PS/c1-4-2-3-7-8(5,6)9/h4H,2-3H2,1H3,(H2,5,6,9). The van der Waals surface area contributed by atoms with E-state index >= 15 is 0 Å². The smallest absolute Gasteiger partial charge is 0.321 e. The van der Waals surface area contributed by atoms with Gasteiger partial charge in [0.2, 0.25) is 0 Å². The van der Waals surface area contributed by atoms with Gasteiger partial charge in [0.25, 0.3) is 0 Å². The summed E-state index contributed by atoms with van der Waals surface area (Å²) in [4.78, 5) is 17.0. The number of hydrogen-bond acceptors (Lipinski definition) is 3. The van der Waals surface area contributed by atoms with Crippen molar-refractivity contribution in [1.82, 2.24) is 5.32 Å². The van der Waals surface area contributed by atoms with Crippen LogP contribution in [-0.4, -0.2) is 30.0 Å². The third-order valence-electron chi connectivity index (χ3n) is 0.612. The van der Waals surface area contributed by atoms with Crippen LogP contribution >= 0.6 is 6.72 Å². The topological polar surface area (TPSA) is 61.7 Å². The lowest BCUT2D eigenvalue weighted by Crippen LogP contribution is -2.13. The first-order chi connectivity index (χ1) is 4.06. The quantitative estimate of drug-likeness (QED) is 0.390.